The molecule has 1 amide bonds. The van der Waals surface area contributed by atoms with Crippen LogP contribution in [-0.2, 0) is 16.6 Å². The highest BCUT2D eigenvalue weighted by Gasteiger charge is 2.17. The minimum atomic E-state index is -3.70. The van der Waals surface area contributed by atoms with Crippen molar-refractivity contribution in [2.24, 2.45) is 0 Å². The van der Waals surface area contributed by atoms with Crippen LogP contribution in [0.15, 0.2) is 76.2 Å². The van der Waals surface area contributed by atoms with Gasteiger partial charge in [-0.2, -0.15) is 0 Å². The third kappa shape index (κ3) is 5.34. The second-order valence-electron chi connectivity index (χ2n) is 6.77. The zero-order chi connectivity index (χ0) is 20.9. The Morgan fingerprint density at radius 1 is 1.03 bits per heavy atom. The van der Waals surface area contributed by atoms with Crippen LogP contribution in [0, 0.1) is 6.92 Å². The average Bonchev–Trinajstić information content (AvgIpc) is 3.25. The average molecular weight is 413 g/mol. The highest BCUT2D eigenvalue weighted by molar-refractivity contribution is 7.89. The lowest BCUT2D eigenvalue weighted by molar-refractivity contribution is 0.0935. The molecular weight excluding hydrogens is 388 g/mol. The van der Waals surface area contributed by atoms with E-state index in [2.05, 4.69) is 10.0 Å². The summed E-state index contributed by atoms with van der Waals surface area (Å²) in [6, 6.07) is 17.2. The van der Waals surface area contributed by atoms with Gasteiger partial charge in [0.1, 0.15) is 5.76 Å². The van der Waals surface area contributed by atoms with Gasteiger partial charge in [-0.3, -0.25) is 4.79 Å². The van der Waals surface area contributed by atoms with Gasteiger partial charge in [0.15, 0.2) is 0 Å². The van der Waals surface area contributed by atoms with E-state index < -0.39 is 10.0 Å². The fourth-order valence-electron chi connectivity index (χ4n) is 2.91. The maximum absolute atomic E-state index is 12.6. The highest BCUT2D eigenvalue weighted by atomic mass is 32.2. The van der Waals surface area contributed by atoms with E-state index in [1.54, 1.807) is 12.1 Å². The van der Waals surface area contributed by atoms with Crippen LogP contribution in [0.25, 0.3) is 0 Å². The van der Waals surface area contributed by atoms with Gasteiger partial charge in [-0.25, -0.2) is 13.1 Å². The smallest absolute Gasteiger partial charge is 0.251 e. The Hall–Kier alpha value is -2.90. The molecule has 2 N–H and O–H groups in total. The molecule has 3 aromatic rings. The number of amides is 1. The molecule has 0 fully saturated rings. The van der Waals surface area contributed by atoms with Crippen LogP contribution in [0.5, 0.6) is 0 Å². The van der Waals surface area contributed by atoms with Gasteiger partial charge >= 0.3 is 0 Å². The molecule has 6 nitrogen and oxygen atoms in total. The van der Waals surface area contributed by atoms with Crippen LogP contribution in [0.1, 0.15) is 46.6 Å². The van der Waals surface area contributed by atoms with E-state index in [4.69, 9.17) is 4.42 Å². The Kier molecular flexibility index (Phi) is 6.51. The summed E-state index contributed by atoms with van der Waals surface area (Å²) in [5.41, 5.74) is 2.60. The Balaban J connectivity index is 1.66. The summed E-state index contributed by atoms with van der Waals surface area (Å²) < 4.78 is 32.4. The fourth-order valence-corrected chi connectivity index (χ4v) is 3.90. The highest BCUT2D eigenvalue weighted by Crippen LogP contribution is 2.18. The molecule has 0 bridgehead atoms. The Morgan fingerprint density at radius 2 is 1.72 bits per heavy atom. The summed E-state index contributed by atoms with van der Waals surface area (Å²) in [7, 11) is -3.70. The second kappa shape index (κ2) is 9.07. The van der Waals surface area contributed by atoms with Crippen molar-refractivity contribution in [1.82, 2.24) is 10.0 Å². The normalized spacial score (nSPS) is 12.5. The van der Waals surface area contributed by atoms with Gasteiger partial charge in [0.2, 0.25) is 10.0 Å². The lowest BCUT2D eigenvalue weighted by atomic mass is 10.0. The monoisotopic (exact) mass is 412 g/mol. The number of benzene rings is 2. The first-order valence-electron chi connectivity index (χ1n) is 9.38. The molecule has 0 spiro atoms. The summed E-state index contributed by atoms with van der Waals surface area (Å²) in [6.07, 6.45) is 2.23. The van der Waals surface area contributed by atoms with Gasteiger partial charge in [-0.1, -0.05) is 36.8 Å². The number of rotatable bonds is 8. The Labute approximate surface area is 171 Å². The predicted octanol–water partition coefficient (Wildman–Crippen LogP) is 3.95. The lowest BCUT2D eigenvalue weighted by Crippen LogP contribution is -2.28. The molecular formula is C22H24N2O4S. The fraction of sp³-hybridized carbons (Fsp3) is 0.227. The molecule has 2 aromatic carbocycles. The van der Waals surface area contributed by atoms with Gasteiger partial charge < -0.3 is 9.73 Å². The van der Waals surface area contributed by atoms with Crippen molar-refractivity contribution in [3.8, 4) is 0 Å². The third-order valence-electron chi connectivity index (χ3n) is 4.64. The molecule has 1 aromatic heterocycles. The summed E-state index contributed by atoms with van der Waals surface area (Å²) in [4.78, 5) is 12.7. The van der Waals surface area contributed by atoms with E-state index in [0.29, 0.717) is 11.3 Å². The minimum absolute atomic E-state index is 0.0618. The van der Waals surface area contributed by atoms with Crippen LogP contribution >= 0.6 is 0 Å². The van der Waals surface area contributed by atoms with Crippen molar-refractivity contribution < 1.29 is 17.6 Å². The summed E-state index contributed by atoms with van der Waals surface area (Å²) >= 11 is 0. The number of carbonyl (C=O) groups excluding carboxylic acids is 1. The van der Waals surface area contributed by atoms with Crippen molar-refractivity contribution in [1.29, 1.82) is 0 Å². The van der Waals surface area contributed by atoms with E-state index >= 15 is 0 Å². The van der Waals surface area contributed by atoms with Crippen LogP contribution in [0.2, 0.25) is 0 Å². The molecule has 7 heteroatoms. The van der Waals surface area contributed by atoms with E-state index in [9.17, 15) is 13.2 Å². The number of hydrogen-bond acceptors (Lipinski definition) is 4. The molecule has 0 aliphatic heterocycles. The number of furan rings is 1. The molecule has 152 valence electrons. The molecule has 0 saturated carbocycles. The first-order valence-corrected chi connectivity index (χ1v) is 10.9. The van der Waals surface area contributed by atoms with Gasteiger partial charge in [-0.15, -0.1) is 0 Å². The van der Waals surface area contributed by atoms with Crippen LogP contribution in [-0.4, -0.2) is 14.3 Å². The quantitative estimate of drug-likeness (QED) is 0.586. The van der Waals surface area contributed by atoms with Crippen LogP contribution < -0.4 is 10.0 Å². The van der Waals surface area contributed by atoms with E-state index in [1.807, 2.05) is 38.1 Å². The lowest BCUT2D eigenvalue weighted by Gasteiger charge is -2.18. The van der Waals surface area contributed by atoms with Gasteiger partial charge in [0, 0.05) is 5.56 Å². The van der Waals surface area contributed by atoms with E-state index in [1.165, 1.54) is 30.5 Å². The van der Waals surface area contributed by atoms with E-state index in [0.717, 1.165) is 17.5 Å². The standard InChI is InChI=1S/C22H24N2O4S/c1-3-21(17-8-6-16(2)7-9-17)24-22(25)18-10-12-20(13-11-18)29(26,27)23-15-19-5-4-14-28-19/h4-14,21,23H,3,15H2,1-2H3,(H,24,25)/t21-/m0/s1. The number of aryl methyl sites for hydroxylation is 1. The Bertz CT molecular complexity index is 1040. The molecule has 0 aliphatic rings. The molecule has 0 saturated heterocycles. The number of nitrogens with one attached hydrogen (secondary N) is 2. The molecule has 29 heavy (non-hydrogen) atoms. The first-order chi connectivity index (χ1) is 13.9. The zero-order valence-electron chi connectivity index (χ0n) is 16.4. The van der Waals surface area contributed by atoms with Crippen molar-refractivity contribution in [3.05, 3.63) is 89.4 Å². The molecule has 0 unspecified atom stereocenters. The van der Waals surface area contributed by atoms with Crippen molar-refractivity contribution >= 4 is 15.9 Å². The molecule has 0 aliphatic carbocycles. The van der Waals surface area contributed by atoms with Gasteiger partial charge in [-0.05, 0) is 55.3 Å². The van der Waals surface area contributed by atoms with Crippen molar-refractivity contribution in [2.75, 3.05) is 0 Å². The van der Waals surface area contributed by atoms with Crippen LogP contribution in [0.4, 0.5) is 0 Å². The maximum atomic E-state index is 12.6. The minimum Gasteiger partial charge on any atom is -0.468 e. The molecule has 1 atom stereocenters. The number of hydrogen-bond donors (Lipinski definition) is 2. The SMILES string of the molecule is CC[C@H](NC(=O)c1ccc(S(=O)(=O)NCc2ccco2)cc1)c1ccc(C)cc1. The third-order valence-corrected chi connectivity index (χ3v) is 6.05. The number of carbonyl (C=O) groups is 1. The largest absolute Gasteiger partial charge is 0.468 e. The van der Waals surface area contributed by atoms with Gasteiger partial charge in [0.05, 0.1) is 23.7 Å². The first kappa shape index (κ1) is 20.8. The van der Waals surface area contributed by atoms with Gasteiger partial charge in [0.25, 0.3) is 5.91 Å². The van der Waals surface area contributed by atoms with Crippen molar-refractivity contribution in [3.63, 3.8) is 0 Å². The topological polar surface area (TPSA) is 88.4 Å². The van der Waals surface area contributed by atoms with Crippen LogP contribution in [0.3, 0.4) is 0 Å². The molecule has 0 radical (unpaired) electrons. The molecule has 1 heterocycles. The summed E-state index contributed by atoms with van der Waals surface area (Å²) in [5, 5.41) is 3.00. The summed E-state index contributed by atoms with van der Waals surface area (Å²) in [6.45, 7) is 4.08. The second-order valence-corrected chi connectivity index (χ2v) is 8.54. The zero-order valence-corrected chi connectivity index (χ0v) is 17.2. The summed E-state index contributed by atoms with van der Waals surface area (Å²) in [5.74, 6) is 0.274. The molecule has 3 rings (SSSR count). The van der Waals surface area contributed by atoms with E-state index in [-0.39, 0.29) is 23.4 Å². The van der Waals surface area contributed by atoms with Crippen molar-refractivity contribution in [2.45, 2.75) is 37.8 Å². The predicted molar refractivity (Wildman–Crippen MR) is 111 cm³/mol. The Morgan fingerprint density at radius 3 is 2.31 bits per heavy atom. The number of sulfonamides is 1. The maximum Gasteiger partial charge on any atom is 0.251 e.